The van der Waals surface area contributed by atoms with Crippen LogP contribution in [-0.4, -0.2) is 75.5 Å². The van der Waals surface area contributed by atoms with Crippen LogP contribution in [0, 0.1) is 17.7 Å². The second-order valence-electron chi connectivity index (χ2n) is 8.50. The number of aromatic nitrogens is 1. The van der Waals surface area contributed by atoms with E-state index in [1.54, 1.807) is 12.1 Å². The molecule has 4 rings (SSSR count). The monoisotopic (exact) mass is 539 g/mol. The number of aliphatic carboxylic acids is 2. The minimum absolute atomic E-state index is 0.155. The Labute approximate surface area is 207 Å². The van der Waals surface area contributed by atoms with Crippen molar-refractivity contribution in [2.45, 2.75) is 25.4 Å². The summed E-state index contributed by atoms with van der Waals surface area (Å²) >= 11 is 0. The number of hydrogen-bond donors (Lipinski definition) is 2. The normalized spacial score (nSPS) is 19.8. The summed E-state index contributed by atoms with van der Waals surface area (Å²) in [7, 11) is 0. The number of fused-ring (bicyclic) bond motifs is 1. The molecule has 2 fully saturated rings. The molecule has 0 saturated carbocycles. The maximum atomic E-state index is 13.0. The van der Waals surface area contributed by atoms with E-state index in [1.165, 1.54) is 24.2 Å². The highest BCUT2D eigenvalue weighted by atomic mass is 19.4. The van der Waals surface area contributed by atoms with E-state index >= 15 is 0 Å². The molecule has 1 aromatic heterocycles. The largest absolute Gasteiger partial charge is 0.490 e. The lowest BCUT2D eigenvalue weighted by molar-refractivity contribution is -0.193. The van der Waals surface area contributed by atoms with Crippen molar-refractivity contribution in [3.8, 4) is 0 Å². The number of carbonyl (C=O) groups is 2. The van der Waals surface area contributed by atoms with Gasteiger partial charge in [0.2, 0.25) is 0 Å². The zero-order valence-corrected chi connectivity index (χ0v) is 19.2. The van der Waals surface area contributed by atoms with Crippen LogP contribution in [0.4, 0.5) is 30.7 Å². The molecule has 0 amide bonds. The van der Waals surface area contributed by atoms with Gasteiger partial charge in [0.25, 0.3) is 0 Å². The van der Waals surface area contributed by atoms with Crippen molar-refractivity contribution in [1.82, 2.24) is 14.8 Å². The fraction of sp³-hybridized carbons (Fsp3) is 0.435. The summed E-state index contributed by atoms with van der Waals surface area (Å²) in [6, 6.07) is 11.1. The third-order valence-electron chi connectivity index (χ3n) is 5.57. The molecule has 2 aromatic rings. The highest BCUT2D eigenvalue weighted by Gasteiger charge is 2.40. The van der Waals surface area contributed by atoms with Gasteiger partial charge in [-0.2, -0.15) is 26.3 Å². The van der Waals surface area contributed by atoms with Crippen molar-refractivity contribution in [2.75, 3.05) is 26.2 Å². The van der Waals surface area contributed by atoms with Crippen molar-refractivity contribution in [1.29, 1.82) is 0 Å². The summed E-state index contributed by atoms with van der Waals surface area (Å²) < 4.78 is 76.5. The standard InChI is InChI=1S/C19H22FN3.2C2HF3O2/c20-19-5-3-15(4-6-19)9-22-11-17-13-23(14-18(17)12-22)10-16-2-1-7-21-8-16;2*3-2(4,5)1(6)7/h1-8,17-18H,9-14H2;2*(H,6,7)/t17-,18+;;. The summed E-state index contributed by atoms with van der Waals surface area (Å²) in [6.07, 6.45) is -6.37. The van der Waals surface area contributed by atoms with Crippen LogP contribution in [0.3, 0.4) is 0 Å². The van der Waals surface area contributed by atoms with E-state index < -0.39 is 24.3 Å². The molecule has 2 aliphatic rings. The van der Waals surface area contributed by atoms with Gasteiger partial charge in [0.05, 0.1) is 0 Å². The molecule has 2 atom stereocenters. The van der Waals surface area contributed by atoms with Crippen LogP contribution in [-0.2, 0) is 22.7 Å². The summed E-state index contributed by atoms with van der Waals surface area (Å²) in [5, 5.41) is 14.2. The molecule has 14 heteroatoms. The van der Waals surface area contributed by atoms with Crippen molar-refractivity contribution >= 4 is 11.9 Å². The molecule has 2 N–H and O–H groups in total. The summed E-state index contributed by atoms with van der Waals surface area (Å²) in [6.45, 7) is 6.63. The summed E-state index contributed by atoms with van der Waals surface area (Å²) in [4.78, 5) is 27.1. The third-order valence-corrected chi connectivity index (χ3v) is 5.57. The lowest BCUT2D eigenvalue weighted by Gasteiger charge is -2.21. The van der Waals surface area contributed by atoms with Gasteiger partial charge in [0, 0.05) is 51.7 Å². The van der Waals surface area contributed by atoms with E-state index in [9.17, 15) is 30.7 Å². The fourth-order valence-corrected chi connectivity index (χ4v) is 4.04. The van der Waals surface area contributed by atoms with E-state index in [4.69, 9.17) is 19.8 Å². The first kappa shape index (κ1) is 30.0. The Morgan fingerprint density at radius 2 is 1.19 bits per heavy atom. The Kier molecular flexibility index (Phi) is 10.4. The number of benzene rings is 1. The topological polar surface area (TPSA) is 94.0 Å². The molecule has 2 saturated heterocycles. The molecule has 0 radical (unpaired) electrons. The molecular weight excluding hydrogens is 515 g/mol. The quantitative estimate of drug-likeness (QED) is 0.567. The van der Waals surface area contributed by atoms with Crippen LogP contribution < -0.4 is 0 Å². The Hall–Kier alpha value is -3.26. The van der Waals surface area contributed by atoms with Gasteiger partial charge >= 0.3 is 24.3 Å². The zero-order chi connectivity index (χ0) is 27.8. The molecule has 7 nitrogen and oxygen atoms in total. The van der Waals surface area contributed by atoms with Gasteiger partial charge in [-0.05, 0) is 41.2 Å². The van der Waals surface area contributed by atoms with Crippen LogP contribution >= 0.6 is 0 Å². The second-order valence-corrected chi connectivity index (χ2v) is 8.50. The van der Waals surface area contributed by atoms with Crippen LogP contribution in [0.25, 0.3) is 0 Å². The molecule has 0 spiro atoms. The van der Waals surface area contributed by atoms with E-state index in [-0.39, 0.29) is 5.82 Å². The van der Waals surface area contributed by atoms with Crippen LogP contribution in [0.15, 0.2) is 48.8 Å². The second kappa shape index (κ2) is 12.8. The molecule has 0 bridgehead atoms. The molecule has 2 aliphatic heterocycles. The maximum Gasteiger partial charge on any atom is 0.490 e. The van der Waals surface area contributed by atoms with Gasteiger partial charge in [0.15, 0.2) is 0 Å². The molecule has 1 aromatic carbocycles. The predicted octanol–water partition coefficient (Wildman–Crippen LogP) is 4.05. The number of hydrogen-bond acceptors (Lipinski definition) is 5. The van der Waals surface area contributed by atoms with Crippen molar-refractivity contribution in [2.24, 2.45) is 11.8 Å². The van der Waals surface area contributed by atoms with Crippen molar-refractivity contribution < 1.29 is 50.5 Å². The van der Waals surface area contributed by atoms with E-state index in [0.717, 1.165) is 38.0 Å². The van der Waals surface area contributed by atoms with E-state index in [2.05, 4.69) is 20.9 Å². The lowest BCUT2D eigenvalue weighted by Crippen LogP contribution is -2.28. The van der Waals surface area contributed by atoms with Crippen LogP contribution in [0.5, 0.6) is 0 Å². The predicted molar refractivity (Wildman–Crippen MR) is 116 cm³/mol. The number of carboxylic acids is 2. The molecule has 0 unspecified atom stereocenters. The number of pyridine rings is 1. The number of halogens is 7. The number of nitrogens with zero attached hydrogens (tertiary/aromatic N) is 3. The highest BCUT2D eigenvalue weighted by molar-refractivity contribution is 5.73. The maximum absolute atomic E-state index is 13.0. The molecule has 37 heavy (non-hydrogen) atoms. The van der Waals surface area contributed by atoms with Crippen molar-refractivity contribution in [3.05, 3.63) is 65.7 Å². The Morgan fingerprint density at radius 1 is 0.784 bits per heavy atom. The van der Waals surface area contributed by atoms with Gasteiger partial charge in [-0.25, -0.2) is 14.0 Å². The summed E-state index contributed by atoms with van der Waals surface area (Å²) in [5.41, 5.74) is 2.51. The minimum atomic E-state index is -5.08. The van der Waals surface area contributed by atoms with E-state index in [1.807, 2.05) is 30.6 Å². The first-order chi connectivity index (χ1) is 17.1. The van der Waals surface area contributed by atoms with Crippen molar-refractivity contribution in [3.63, 3.8) is 0 Å². The Balaban J connectivity index is 0.000000286. The van der Waals surface area contributed by atoms with E-state index in [0.29, 0.717) is 0 Å². The first-order valence-electron chi connectivity index (χ1n) is 10.8. The van der Waals surface area contributed by atoms with Gasteiger partial charge in [-0.1, -0.05) is 18.2 Å². The SMILES string of the molecule is Fc1ccc(CN2C[C@@H]3CN(Cc4cccnc4)C[C@@H]3C2)cc1.O=C(O)C(F)(F)F.O=C(O)C(F)(F)F. The zero-order valence-electron chi connectivity index (χ0n) is 19.2. The van der Waals surface area contributed by atoms with Gasteiger partial charge in [-0.15, -0.1) is 0 Å². The highest BCUT2D eigenvalue weighted by Crippen LogP contribution is 2.32. The molecule has 3 heterocycles. The lowest BCUT2D eigenvalue weighted by atomic mass is 10.0. The number of likely N-dealkylation sites (tertiary alicyclic amines) is 2. The average Bonchev–Trinajstić information content (AvgIpc) is 3.33. The Bertz CT molecular complexity index is 980. The average molecular weight is 539 g/mol. The van der Waals surface area contributed by atoms with Crippen LogP contribution in [0.1, 0.15) is 11.1 Å². The molecular formula is C23H24F7N3O4. The van der Waals surface area contributed by atoms with Gasteiger partial charge in [-0.3, -0.25) is 14.8 Å². The molecule has 0 aliphatic carbocycles. The van der Waals surface area contributed by atoms with Crippen LogP contribution in [0.2, 0.25) is 0 Å². The number of rotatable bonds is 4. The molecule has 204 valence electrons. The first-order valence-corrected chi connectivity index (χ1v) is 10.8. The smallest absolute Gasteiger partial charge is 0.475 e. The Morgan fingerprint density at radius 3 is 1.54 bits per heavy atom. The summed E-state index contributed by atoms with van der Waals surface area (Å²) in [5.74, 6) is -4.13. The van der Waals surface area contributed by atoms with Gasteiger partial charge in [0.1, 0.15) is 5.82 Å². The number of carboxylic acid groups (broad SMARTS) is 2. The fourth-order valence-electron chi connectivity index (χ4n) is 4.04. The minimum Gasteiger partial charge on any atom is -0.475 e. The number of alkyl halides is 6. The third kappa shape index (κ3) is 10.3. The van der Waals surface area contributed by atoms with Gasteiger partial charge < -0.3 is 10.2 Å².